The predicted molar refractivity (Wildman–Crippen MR) is 164 cm³/mol. The molecule has 0 atom stereocenters. The largest absolute Gasteiger partial charge is 0.508 e. The van der Waals surface area contributed by atoms with E-state index in [1.54, 1.807) is 25.3 Å². The van der Waals surface area contributed by atoms with Gasteiger partial charge in [0.1, 0.15) is 18.1 Å². The van der Waals surface area contributed by atoms with Crippen molar-refractivity contribution in [1.29, 1.82) is 0 Å². The highest BCUT2D eigenvalue weighted by molar-refractivity contribution is 5.51. The number of phenols is 1. The molecule has 1 aliphatic carbocycles. The minimum absolute atomic E-state index is 0.313. The van der Waals surface area contributed by atoms with E-state index in [9.17, 15) is 9.50 Å². The van der Waals surface area contributed by atoms with Crippen LogP contribution in [0.25, 0.3) is 0 Å². The summed E-state index contributed by atoms with van der Waals surface area (Å²) in [4.78, 5) is 4.36. The minimum atomic E-state index is -0.313. The number of methoxy groups -OCH3 is 1. The average Bonchev–Trinajstić information content (AvgIpc) is 2.98. The first-order chi connectivity index (χ1) is 19.4. The molecule has 0 unspecified atom stereocenters. The molecule has 1 aliphatic rings. The number of aryl methyl sites for hydroxylation is 2. The van der Waals surface area contributed by atoms with Gasteiger partial charge in [-0.05, 0) is 106 Å². The third-order valence-electron chi connectivity index (χ3n) is 6.84. The molecule has 0 fully saturated rings. The van der Waals surface area contributed by atoms with Gasteiger partial charge in [0.05, 0.1) is 7.11 Å². The molecule has 3 aromatic rings. The van der Waals surface area contributed by atoms with Crippen LogP contribution in [0.2, 0.25) is 0 Å². The zero-order chi connectivity index (χ0) is 29.3. The van der Waals surface area contributed by atoms with Crippen molar-refractivity contribution in [3.63, 3.8) is 0 Å². The standard InChI is InChI=1S/C22H31FN2O2.C10H12O.C2H2/c1-5-12-24(3)13-14-27-22-11-10-18(15-21(22)23)17-25(6-2)19-8-7-9-20(16-19)26-4;11-10-6-5-8-3-1-2-4-9(8)7-10;1-2/h7-11,15-16H,5-6,12-14,17H2,1-4H3;5-7,11H,1-4H2;1-2H. The molecule has 216 valence electrons. The van der Waals surface area contributed by atoms with Crippen LogP contribution in [0.4, 0.5) is 10.1 Å². The Kier molecular flexibility index (Phi) is 14.5. The second-order valence-electron chi connectivity index (χ2n) is 9.79. The Morgan fingerprint density at radius 1 is 0.925 bits per heavy atom. The summed E-state index contributed by atoms with van der Waals surface area (Å²) in [6.07, 6.45) is 14.0. The third kappa shape index (κ3) is 10.5. The van der Waals surface area contributed by atoms with Gasteiger partial charge in [-0.1, -0.05) is 25.1 Å². The predicted octanol–water partition coefficient (Wildman–Crippen LogP) is 7.10. The summed E-state index contributed by atoms with van der Waals surface area (Å²) in [5, 5.41) is 9.19. The summed E-state index contributed by atoms with van der Waals surface area (Å²) in [6.45, 7) is 7.95. The second kappa shape index (κ2) is 17.8. The molecule has 0 saturated heterocycles. The monoisotopic (exact) mass is 548 g/mol. The third-order valence-corrected chi connectivity index (χ3v) is 6.84. The number of rotatable bonds is 11. The van der Waals surface area contributed by atoms with Gasteiger partial charge in [0.15, 0.2) is 11.6 Å². The van der Waals surface area contributed by atoms with Crippen LogP contribution in [0.1, 0.15) is 49.8 Å². The van der Waals surface area contributed by atoms with Gasteiger partial charge in [0.2, 0.25) is 0 Å². The molecule has 0 radical (unpaired) electrons. The number of hydrogen-bond acceptors (Lipinski definition) is 5. The minimum Gasteiger partial charge on any atom is -0.508 e. The van der Waals surface area contributed by atoms with Gasteiger partial charge in [-0.25, -0.2) is 4.39 Å². The van der Waals surface area contributed by atoms with E-state index < -0.39 is 0 Å². The lowest BCUT2D eigenvalue weighted by atomic mass is 9.92. The van der Waals surface area contributed by atoms with Crippen LogP contribution < -0.4 is 14.4 Å². The maximum absolute atomic E-state index is 14.4. The summed E-state index contributed by atoms with van der Waals surface area (Å²) in [7, 11) is 3.70. The van der Waals surface area contributed by atoms with Crippen molar-refractivity contribution in [2.45, 2.75) is 52.5 Å². The molecule has 3 aromatic carbocycles. The van der Waals surface area contributed by atoms with Gasteiger partial charge in [-0.15, -0.1) is 12.8 Å². The van der Waals surface area contributed by atoms with E-state index in [4.69, 9.17) is 9.47 Å². The highest BCUT2D eigenvalue weighted by Crippen LogP contribution is 2.25. The molecule has 6 heteroatoms. The molecule has 0 aliphatic heterocycles. The van der Waals surface area contributed by atoms with E-state index in [-0.39, 0.29) is 5.82 Å². The zero-order valence-corrected chi connectivity index (χ0v) is 24.5. The van der Waals surface area contributed by atoms with Gasteiger partial charge >= 0.3 is 0 Å². The smallest absolute Gasteiger partial charge is 0.165 e. The summed E-state index contributed by atoms with van der Waals surface area (Å²) in [5.41, 5.74) is 4.73. The molecule has 0 bridgehead atoms. The molecular weight excluding hydrogens is 503 g/mol. The van der Waals surface area contributed by atoms with Gasteiger partial charge in [-0.2, -0.15) is 0 Å². The Bertz CT molecular complexity index is 1180. The van der Waals surface area contributed by atoms with Crippen molar-refractivity contribution in [1.82, 2.24) is 4.90 Å². The second-order valence-corrected chi connectivity index (χ2v) is 9.79. The number of phenolic OH excluding ortho intramolecular Hbond substituents is 1. The molecule has 0 heterocycles. The van der Waals surface area contributed by atoms with Crippen LogP contribution in [-0.2, 0) is 19.4 Å². The van der Waals surface area contributed by atoms with Gasteiger partial charge in [0, 0.05) is 31.4 Å². The molecule has 4 rings (SSSR count). The molecule has 0 amide bonds. The van der Waals surface area contributed by atoms with E-state index in [0.717, 1.165) is 49.5 Å². The first kappa shape index (κ1) is 32.5. The molecular formula is C34H45FN2O3. The van der Waals surface area contributed by atoms with Gasteiger partial charge in [-0.3, -0.25) is 0 Å². The lowest BCUT2D eigenvalue weighted by molar-refractivity contribution is 0.231. The van der Waals surface area contributed by atoms with Crippen molar-refractivity contribution in [2.24, 2.45) is 0 Å². The van der Waals surface area contributed by atoms with Crippen LogP contribution in [-0.4, -0.2) is 50.4 Å². The molecule has 1 N–H and O–H groups in total. The fourth-order valence-corrected chi connectivity index (χ4v) is 4.70. The number of nitrogens with zero attached hydrogens (tertiary/aromatic N) is 2. The van der Waals surface area contributed by atoms with Crippen LogP contribution >= 0.6 is 0 Å². The first-order valence-electron chi connectivity index (χ1n) is 14.1. The molecule has 5 nitrogen and oxygen atoms in total. The van der Waals surface area contributed by atoms with Crippen LogP contribution in [0.5, 0.6) is 17.2 Å². The van der Waals surface area contributed by atoms with Gasteiger partial charge in [0.25, 0.3) is 0 Å². The number of hydrogen-bond donors (Lipinski definition) is 1. The summed E-state index contributed by atoms with van der Waals surface area (Å²) in [6, 6.07) is 18.8. The van der Waals surface area contributed by atoms with Crippen molar-refractivity contribution in [2.75, 3.05) is 45.3 Å². The van der Waals surface area contributed by atoms with E-state index in [1.807, 2.05) is 49.5 Å². The van der Waals surface area contributed by atoms with E-state index in [0.29, 0.717) is 24.7 Å². The Morgan fingerprint density at radius 2 is 1.68 bits per heavy atom. The number of aromatic hydroxyl groups is 1. The fraction of sp³-hybridized carbons (Fsp3) is 0.412. The summed E-state index contributed by atoms with van der Waals surface area (Å²) in [5.74, 6) is 1.22. The average molecular weight is 549 g/mol. The van der Waals surface area contributed by atoms with Crippen molar-refractivity contribution >= 4 is 5.69 Å². The number of terminal acetylenes is 1. The van der Waals surface area contributed by atoms with Crippen LogP contribution in [0, 0.1) is 18.7 Å². The SMILES string of the molecule is C#C.CCCN(C)CCOc1ccc(CN(CC)c2cccc(OC)c2)cc1F.Oc1ccc2c(c1)CCCC2. The van der Waals surface area contributed by atoms with E-state index in [2.05, 4.69) is 36.5 Å². The Morgan fingerprint density at radius 3 is 2.35 bits per heavy atom. The Hall–Kier alpha value is -3.69. The number of halogens is 1. The van der Waals surface area contributed by atoms with Gasteiger partial charge < -0.3 is 24.4 Å². The number of ether oxygens (including phenoxy) is 2. The lowest BCUT2D eigenvalue weighted by Crippen LogP contribution is -2.25. The molecule has 0 saturated carbocycles. The Balaban J connectivity index is 0.000000355. The zero-order valence-electron chi connectivity index (χ0n) is 24.5. The van der Waals surface area contributed by atoms with Crippen LogP contribution in [0.15, 0.2) is 60.7 Å². The summed E-state index contributed by atoms with van der Waals surface area (Å²) < 4.78 is 25.3. The fourth-order valence-electron chi connectivity index (χ4n) is 4.70. The first-order valence-corrected chi connectivity index (χ1v) is 14.1. The number of fused-ring (bicyclic) bond motifs is 1. The maximum Gasteiger partial charge on any atom is 0.165 e. The van der Waals surface area contributed by atoms with Crippen LogP contribution in [0.3, 0.4) is 0 Å². The van der Waals surface area contributed by atoms with E-state index >= 15 is 0 Å². The maximum atomic E-state index is 14.4. The number of anilines is 1. The Labute approximate surface area is 240 Å². The topological polar surface area (TPSA) is 45.2 Å². The van der Waals surface area contributed by atoms with E-state index in [1.165, 1.54) is 30.4 Å². The van der Waals surface area contributed by atoms with Crippen molar-refractivity contribution < 1.29 is 19.0 Å². The quantitative estimate of drug-likeness (QED) is 0.259. The summed E-state index contributed by atoms with van der Waals surface area (Å²) >= 11 is 0. The number of likely N-dealkylation sites (N-methyl/N-ethyl adjacent to an activating group) is 1. The lowest BCUT2D eigenvalue weighted by Gasteiger charge is -2.24. The highest BCUT2D eigenvalue weighted by atomic mass is 19.1. The highest BCUT2D eigenvalue weighted by Gasteiger charge is 2.11. The normalized spacial score (nSPS) is 11.8. The molecule has 40 heavy (non-hydrogen) atoms. The number of benzene rings is 3. The van der Waals surface area contributed by atoms with Crippen molar-refractivity contribution in [3.8, 4) is 30.1 Å². The van der Waals surface area contributed by atoms with Crippen molar-refractivity contribution in [3.05, 3.63) is 83.2 Å². The molecule has 0 aromatic heterocycles. The molecule has 0 spiro atoms.